The lowest BCUT2D eigenvalue weighted by Gasteiger charge is -2.19. The van der Waals surface area contributed by atoms with Crippen molar-refractivity contribution in [2.75, 3.05) is 7.05 Å². The molecule has 1 unspecified atom stereocenters. The van der Waals surface area contributed by atoms with E-state index in [9.17, 15) is 4.39 Å². The third-order valence-corrected chi connectivity index (χ3v) is 3.52. The molecule has 1 atom stereocenters. The summed E-state index contributed by atoms with van der Waals surface area (Å²) in [7, 11) is 2.03. The molecule has 1 saturated carbocycles. The van der Waals surface area contributed by atoms with Gasteiger partial charge >= 0.3 is 0 Å². The minimum absolute atomic E-state index is 0.152. The molecule has 1 aromatic rings. The quantitative estimate of drug-likeness (QED) is 0.800. The van der Waals surface area contributed by atoms with Gasteiger partial charge in [-0.3, -0.25) is 0 Å². The van der Waals surface area contributed by atoms with Crippen molar-refractivity contribution in [2.24, 2.45) is 0 Å². The molecule has 0 aliphatic heterocycles. The van der Waals surface area contributed by atoms with Crippen molar-refractivity contribution in [3.05, 3.63) is 35.6 Å². The minimum Gasteiger partial charge on any atom is -0.314 e. The van der Waals surface area contributed by atoms with E-state index in [0.29, 0.717) is 11.5 Å². The lowest BCUT2D eigenvalue weighted by molar-refractivity contribution is 0.467. The Morgan fingerprint density at radius 1 is 1.33 bits per heavy atom. The minimum atomic E-state index is -0.152. The standard InChI is InChI=1S/C13H18FN/c1-10(9-13(15-2)7-8-13)11-3-5-12(14)6-4-11/h3-6,10,15H,7-9H2,1-2H3. The Morgan fingerprint density at radius 3 is 2.40 bits per heavy atom. The van der Waals surface area contributed by atoms with E-state index in [-0.39, 0.29) is 5.82 Å². The van der Waals surface area contributed by atoms with Crippen molar-refractivity contribution in [1.82, 2.24) is 5.32 Å². The van der Waals surface area contributed by atoms with Crippen molar-refractivity contribution < 1.29 is 4.39 Å². The summed E-state index contributed by atoms with van der Waals surface area (Å²) in [6.07, 6.45) is 3.69. The van der Waals surface area contributed by atoms with Gasteiger partial charge in [0.1, 0.15) is 5.82 Å². The first-order valence-corrected chi connectivity index (χ1v) is 5.60. The average Bonchev–Trinajstić information content (AvgIpc) is 2.99. The summed E-state index contributed by atoms with van der Waals surface area (Å²) >= 11 is 0. The first-order chi connectivity index (χ1) is 7.15. The molecule has 0 bridgehead atoms. The summed E-state index contributed by atoms with van der Waals surface area (Å²) in [5.74, 6) is 0.348. The Balaban J connectivity index is 2.01. The Bertz CT molecular complexity index is 327. The van der Waals surface area contributed by atoms with Gasteiger partial charge in [-0.15, -0.1) is 0 Å². The van der Waals surface area contributed by atoms with Crippen LogP contribution >= 0.6 is 0 Å². The largest absolute Gasteiger partial charge is 0.314 e. The maximum Gasteiger partial charge on any atom is 0.123 e. The summed E-state index contributed by atoms with van der Waals surface area (Å²) < 4.78 is 12.8. The van der Waals surface area contributed by atoms with Crippen LogP contribution in [0.5, 0.6) is 0 Å². The van der Waals surface area contributed by atoms with Gasteiger partial charge in [0.05, 0.1) is 0 Å². The highest BCUT2D eigenvalue weighted by Crippen LogP contribution is 2.42. The van der Waals surface area contributed by atoms with Crippen LogP contribution in [-0.2, 0) is 0 Å². The molecule has 2 heteroatoms. The van der Waals surface area contributed by atoms with E-state index in [2.05, 4.69) is 12.2 Å². The number of hydrogen-bond donors (Lipinski definition) is 1. The van der Waals surface area contributed by atoms with E-state index in [1.54, 1.807) is 12.1 Å². The predicted octanol–water partition coefficient (Wildman–Crippen LogP) is 3.07. The third-order valence-electron chi connectivity index (χ3n) is 3.52. The highest BCUT2D eigenvalue weighted by atomic mass is 19.1. The van der Waals surface area contributed by atoms with Gasteiger partial charge in [-0.25, -0.2) is 4.39 Å². The summed E-state index contributed by atoms with van der Waals surface area (Å²) in [6, 6.07) is 6.88. The van der Waals surface area contributed by atoms with Gasteiger partial charge in [-0.1, -0.05) is 19.1 Å². The molecule has 1 aliphatic carbocycles. The number of rotatable bonds is 4. The summed E-state index contributed by atoms with van der Waals surface area (Å²) in [4.78, 5) is 0. The van der Waals surface area contributed by atoms with Crippen LogP contribution in [-0.4, -0.2) is 12.6 Å². The van der Waals surface area contributed by atoms with E-state index in [1.165, 1.54) is 18.4 Å². The number of benzene rings is 1. The smallest absolute Gasteiger partial charge is 0.123 e. The van der Waals surface area contributed by atoms with Crippen molar-refractivity contribution in [3.63, 3.8) is 0 Å². The Morgan fingerprint density at radius 2 is 1.93 bits per heavy atom. The van der Waals surface area contributed by atoms with Crippen LogP contribution in [0.1, 0.15) is 37.7 Å². The van der Waals surface area contributed by atoms with Crippen LogP contribution in [0.4, 0.5) is 4.39 Å². The Hall–Kier alpha value is -0.890. The zero-order valence-electron chi connectivity index (χ0n) is 9.39. The van der Waals surface area contributed by atoms with E-state index >= 15 is 0 Å². The second kappa shape index (κ2) is 3.93. The highest BCUT2D eigenvalue weighted by molar-refractivity contribution is 5.21. The molecule has 0 aromatic heterocycles. The molecule has 1 fully saturated rings. The fourth-order valence-electron chi connectivity index (χ4n) is 2.20. The van der Waals surface area contributed by atoms with E-state index in [4.69, 9.17) is 0 Å². The fraction of sp³-hybridized carbons (Fsp3) is 0.538. The normalized spacial score (nSPS) is 19.9. The molecular weight excluding hydrogens is 189 g/mol. The zero-order valence-corrected chi connectivity index (χ0v) is 9.39. The van der Waals surface area contributed by atoms with Gasteiger partial charge in [0.15, 0.2) is 0 Å². The Labute approximate surface area is 90.7 Å². The van der Waals surface area contributed by atoms with Crippen LogP contribution in [0.25, 0.3) is 0 Å². The van der Waals surface area contributed by atoms with E-state index in [0.717, 1.165) is 6.42 Å². The first kappa shape index (κ1) is 10.6. The zero-order chi connectivity index (χ0) is 10.9. The van der Waals surface area contributed by atoms with Gasteiger partial charge < -0.3 is 5.32 Å². The molecule has 2 rings (SSSR count). The summed E-state index contributed by atoms with van der Waals surface area (Å²) in [5.41, 5.74) is 1.60. The molecule has 0 heterocycles. The lowest BCUT2D eigenvalue weighted by atomic mass is 9.93. The third kappa shape index (κ3) is 2.37. The van der Waals surface area contributed by atoms with Crippen LogP contribution < -0.4 is 5.32 Å². The summed E-state index contributed by atoms with van der Waals surface area (Å²) in [5, 5.41) is 3.39. The van der Waals surface area contributed by atoms with E-state index in [1.807, 2.05) is 19.2 Å². The van der Waals surface area contributed by atoms with Gasteiger partial charge in [-0.2, -0.15) is 0 Å². The van der Waals surface area contributed by atoms with Crippen LogP contribution in [0.3, 0.4) is 0 Å². The molecule has 0 saturated heterocycles. The van der Waals surface area contributed by atoms with Crippen molar-refractivity contribution >= 4 is 0 Å². The van der Waals surface area contributed by atoms with Crippen LogP contribution in [0.15, 0.2) is 24.3 Å². The molecule has 15 heavy (non-hydrogen) atoms. The fourth-order valence-corrected chi connectivity index (χ4v) is 2.20. The van der Waals surface area contributed by atoms with E-state index < -0.39 is 0 Å². The molecule has 0 spiro atoms. The first-order valence-electron chi connectivity index (χ1n) is 5.60. The molecule has 1 N–H and O–H groups in total. The maximum atomic E-state index is 12.8. The van der Waals surface area contributed by atoms with Gasteiger partial charge in [-0.05, 0) is 49.9 Å². The monoisotopic (exact) mass is 207 g/mol. The second-order valence-electron chi connectivity index (χ2n) is 4.69. The van der Waals surface area contributed by atoms with Gasteiger partial charge in [0, 0.05) is 5.54 Å². The van der Waals surface area contributed by atoms with Gasteiger partial charge in [0.2, 0.25) is 0 Å². The van der Waals surface area contributed by atoms with Crippen LogP contribution in [0.2, 0.25) is 0 Å². The molecule has 0 amide bonds. The molecular formula is C13H18FN. The summed E-state index contributed by atoms with van der Waals surface area (Å²) in [6.45, 7) is 2.21. The highest BCUT2D eigenvalue weighted by Gasteiger charge is 2.41. The van der Waals surface area contributed by atoms with Crippen LogP contribution in [0, 0.1) is 5.82 Å². The molecule has 1 nitrogen and oxygen atoms in total. The maximum absolute atomic E-state index is 12.8. The Kier molecular flexibility index (Phi) is 2.79. The molecule has 1 aliphatic rings. The SMILES string of the molecule is CNC1(CC(C)c2ccc(F)cc2)CC1. The molecule has 82 valence electrons. The number of nitrogens with one attached hydrogen (secondary N) is 1. The molecule has 1 aromatic carbocycles. The van der Waals surface area contributed by atoms with Crippen molar-refractivity contribution in [1.29, 1.82) is 0 Å². The van der Waals surface area contributed by atoms with Crippen molar-refractivity contribution in [2.45, 2.75) is 37.6 Å². The topological polar surface area (TPSA) is 12.0 Å². The van der Waals surface area contributed by atoms with Gasteiger partial charge in [0.25, 0.3) is 0 Å². The predicted molar refractivity (Wildman–Crippen MR) is 60.5 cm³/mol. The average molecular weight is 207 g/mol. The van der Waals surface area contributed by atoms with Crippen molar-refractivity contribution in [3.8, 4) is 0 Å². The number of hydrogen-bond acceptors (Lipinski definition) is 1. The number of halogens is 1. The molecule has 0 radical (unpaired) electrons. The second-order valence-corrected chi connectivity index (χ2v) is 4.69. The lowest BCUT2D eigenvalue weighted by Crippen LogP contribution is -2.28.